The number of nitrogens with zero attached hydrogens (tertiary/aromatic N) is 2. The van der Waals surface area contributed by atoms with Crippen LogP contribution in [-0.2, 0) is 11.3 Å². The largest absolute Gasteiger partial charge is 0.369 e. The van der Waals surface area contributed by atoms with E-state index in [-0.39, 0.29) is 23.9 Å². The lowest BCUT2D eigenvalue weighted by Gasteiger charge is -2.33. The molecule has 1 amide bonds. The van der Waals surface area contributed by atoms with Gasteiger partial charge in [-0.15, -0.1) is 0 Å². The Morgan fingerprint density at radius 2 is 2.04 bits per heavy atom. The SMILES string of the molecule is O=C(NCc1cc(F)cc(F)c1)[C@H]1CCCN(c2cn[nH]c(=O)c2)C1. The van der Waals surface area contributed by atoms with Crippen molar-refractivity contribution in [3.63, 3.8) is 0 Å². The Morgan fingerprint density at radius 1 is 1.28 bits per heavy atom. The van der Waals surface area contributed by atoms with E-state index in [1.165, 1.54) is 18.2 Å². The van der Waals surface area contributed by atoms with Crippen LogP contribution in [0.25, 0.3) is 0 Å². The Kier molecular flexibility index (Phi) is 5.06. The molecule has 6 nitrogen and oxygen atoms in total. The van der Waals surface area contributed by atoms with E-state index in [4.69, 9.17) is 0 Å². The molecule has 0 radical (unpaired) electrons. The topological polar surface area (TPSA) is 78.1 Å². The van der Waals surface area contributed by atoms with Crippen molar-refractivity contribution >= 4 is 11.6 Å². The first kappa shape index (κ1) is 17.1. The lowest BCUT2D eigenvalue weighted by Crippen LogP contribution is -2.43. The van der Waals surface area contributed by atoms with Gasteiger partial charge in [-0.3, -0.25) is 9.59 Å². The third-order valence-electron chi connectivity index (χ3n) is 4.20. The number of carbonyl (C=O) groups is 1. The number of H-pyrrole nitrogens is 1. The van der Waals surface area contributed by atoms with Crippen molar-refractivity contribution in [1.29, 1.82) is 0 Å². The molecule has 1 aromatic heterocycles. The number of aromatic amines is 1. The Hall–Kier alpha value is -2.77. The van der Waals surface area contributed by atoms with Crippen LogP contribution in [0.1, 0.15) is 18.4 Å². The number of carbonyl (C=O) groups excluding carboxylic acids is 1. The molecule has 3 rings (SSSR count). The molecular formula is C17H18F2N4O2. The summed E-state index contributed by atoms with van der Waals surface area (Å²) in [6, 6.07) is 4.62. The average Bonchev–Trinajstić information content (AvgIpc) is 2.59. The highest BCUT2D eigenvalue weighted by atomic mass is 19.1. The maximum absolute atomic E-state index is 13.2. The molecule has 25 heavy (non-hydrogen) atoms. The summed E-state index contributed by atoms with van der Waals surface area (Å²) < 4.78 is 26.4. The minimum Gasteiger partial charge on any atom is -0.369 e. The number of halogens is 2. The zero-order chi connectivity index (χ0) is 17.8. The second-order valence-corrected chi connectivity index (χ2v) is 6.08. The highest BCUT2D eigenvalue weighted by Crippen LogP contribution is 2.21. The molecule has 132 valence electrons. The summed E-state index contributed by atoms with van der Waals surface area (Å²) in [5.41, 5.74) is 0.753. The third kappa shape index (κ3) is 4.40. The number of benzene rings is 1. The van der Waals surface area contributed by atoms with E-state index < -0.39 is 11.6 Å². The van der Waals surface area contributed by atoms with Gasteiger partial charge in [0.15, 0.2) is 0 Å². The number of piperidine rings is 1. The summed E-state index contributed by atoms with van der Waals surface area (Å²) in [4.78, 5) is 25.7. The van der Waals surface area contributed by atoms with Gasteiger partial charge in [0, 0.05) is 31.8 Å². The number of aromatic nitrogens is 2. The van der Waals surface area contributed by atoms with Gasteiger partial charge in [-0.2, -0.15) is 5.10 Å². The number of rotatable bonds is 4. The molecule has 1 aliphatic heterocycles. The van der Waals surface area contributed by atoms with Crippen LogP contribution in [0.15, 0.2) is 35.3 Å². The third-order valence-corrected chi connectivity index (χ3v) is 4.20. The highest BCUT2D eigenvalue weighted by Gasteiger charge is 2.26. The molecule has 1 aromatic carbocycles. The number of hydrogen-bond donors (Lipinski definition) is 2. The summed E-state index contributed by atoms with van der Waals surface area (Å²) in [5.74, 6) is -1.77. The number of amides is 1. The fourth-order valence-corrected chi connectivity index (χ4v) is 3.01. The first-order valence-corrected chi connectivity index (χ1v) is 8.03. The van der Waals surface area contributed by atoms with Crippen LogP contribution in [-0.4, -0.2) is 29.2 Å². The maximum atomic E-state index is 13.2. The molecular weight excluding hydrogens is 330 g/mol. The Morgan fingerprint density at radius 3 is 2.76 bits per heavy atom. The van der Waals surface area contributed by atoms with Crippen LogP contribution in [0.5, 0.6) is 0 Å². The normalized spacial score (nSPS) is 17.4. The van der Waals surface area contributed by atoms with Crippen LogP contribution in [0.3, 0.4) is 0 Å². The fraction of sp³-hybridized carbons (Fsp3) is 0.353. The average molecular weight is 348 g/mol. The Labute approximate surface area is 142 Å². The minimum atomic E-state index is -0.671. The molecule has 0 saturated carbocycles. The Bertz CT molecular complexity index is 804. The van der Waals surface area contributed by atoms with Crippen molar-refractivity contribution in [3.8, 4) is 0 Å². The van der Waals surface area contributed by atoms with Crippen molar-refractivity contribution in [2.24, 2.45) is 5.92 Å². The van der Waals surface area contributed by atoms with Crippen molar-refractivity contribution in [3.05, 3.63) is 58.0 Å². The second-order valence-electron chi connectivity index (χ2n) is 6.08. The minimum absolute atomic E-state index is 0.0660. The predicted octanol–water partition coefficient (Wildman–Crippen LogP) is 1.58. The van der Waals surface area contributed by atoms with E-state index in [0.717, 1.165) is 25.5 Å². The van der Waals surface area contributed by atoms with Gasteiger partial charge in [0.1, 0.15) is 11.6 Å². The van der Waals surface area contributed by atoms with Crippen molar-refractivity contribution < 1.29 is 13.6 Å². The highest BCUT2D eigenvalue weighted by molar-refractivity contribution is 5.79. The van der Waals surface area contributed by atoms with E-state index in [9.17, 15) is 18.4 Å². The summed E-state index contributed by atoms with van der Waals surface area (Å²) in [6.45, 7) is 1.27. The zero-order valence-corrected chi connectivity index (χ0v) is 13.5. The van der Waals surface area contributed by atoms with E-state index in [0.29, 0.717) is 17.8 Å². The summed E-state index contributed by atoms with van der Waals surface area (Å²) in [6.07, 6.45) is 3.08. The van der Waals surface area contributed by atoms with Crippen molar-refractivity contribution in [2.75, 3.05) is 18.0 Å². The number of nitrogens with one attached hydrogen (secondary N) is 2. The maximum Gasteiger partial charge on any atom is 0.266 e. The zero-order valence-electron chi connectivity index (χ0n) is 13.5. The van der Waals surface area contributed by atoms with E-state index in [1.807, 2.05) is 4.90 Å². The summed E-state index contributed by atoms with van der Waals surface area (Å²) >= 11 is 0. The summed E-state index contributed by atoms with van der Waals surface area (Å²) in [5, 5.41) is 8.81. The van der Waals surface area contributed by atoms with Gasteiger partial charge in [-0.05, 0) is 30.5 Å². The molecule has 0 unspecified atom stereocenters. The van der Waals surface area contributed by atoms with Gasteiger partial charge in [-0.1, -0.05) is 0 Å². The van der Waals surface area contributed by atoms with Gasteiger partial charge in [-0.25, -0.2) is 13.9 Å². The van der Waals surface area contributed by atoms with Crippen LogP contribution >= 0.6 is 0 Å². The van der Waals surface area contributed by atoms with Crippen molar-refractivity contribution in [2.45, 2.75) is 19.4 Å². The lowest BCUT2D eigenvalue weighted by atomic mass is 9.96. The van der Waals surface area contributed by atoms with E-state index in [2.05, 4.69) is 15.5 Å². The van der Waals surface area contributed by atoms with Gasteiger partial charge in [0.05, 0.1) is 17.8 Å². The molecule has 8 heteroatoms. The van der Waals surface area contributed by atoms with Gasteiger partial charge >= 0.3 is 0 Å². The van der Waals surface area contributed by atoms with E-state index in [1.54, 1.807) is 6.20 Å². The molecule has 0 bridgehead atoms. The smallest absolute Gasteiger partial charge is 0.266 e. The first-order valence-electron chi connectivity index (χ1n) is 8.03. The molecule has 0 aliphatic carbocycles. The van der Waals surface area contributed by atoms with Gasteiger partial charge < -0.3 is 10.2 Å². The molecule has 1 saturated heterocycles. The van der Waals surface area contributed by atoms with Gasteiger partial charge in [0.2, 0.25) is 5.91 Å². The number of anilines is 1. The van der Waals surface area contributed by atoms with Crippen LogP contribution in [0.2, 0.25) is 0 Å². The quantitative estimate of drug-likeness (QED) is 0.879. The number of hydrogen-bond acceptors (Lipinski definition) is 4. The first-order chi connectivity index (χ1) is 12.0. The van der Waals surface area contributed by atoms with Crippen LogP contribution in [0, 0.1) is 17.6 Å². The molecule has 2 heterocycles. The van der Waals surface area contributed by atoms with Crippen LogP contribution in [0.4, 0.5) is 14.5 Å². The molecule has 1 atom stereocenters. The van der Waals surface area contributed by atoms with Crippen LogP contribution < -0.4 is 15.8 Å². The molecule has 2 aromatic rings. The molecule has 2 N–H and O–H groups in total. The summed E-state index contributed by atoms with van der Waals surface area (Å²) in [7, 11) is 0. The second kappa shape index (κ2) is 7.42. The monoisotopic (exact) mass is 348 g/mol. The fourth-order valence-electron chi connectivity index (χ4n) is 3.01. The lowest BCUT2D eigenvalue weighted by molar-refractivity contribution is -0.125. The Balaban J connectivity index is 1.61. The predicted molar refractivity (Wildman–Crippen MR) is 88.0 cm³/mol. The molecule has 0 spiro atoms. The van der Waals surface area contributed by atoms with Gasteiger partial charge in [0.25, 0.3) is 5.56 Å². The van der Waals surface area contributed by atoms with Crippen molar-refractivity contribution in [1.82, 2.24) is 15.5 Å². The van der Waals surface area contributed by atoms with E-state index >= 15 is 0 Å². The molecule has 1 fully saturated rings. The molecule has 1 aliphatic rings. The standard InChI is InChI=1S/C17H18F2N4O2/c18-13-4-11(5-14(19)6-13)8-20-17(25)12-2-1-3-23(10-12)15-7-16(24)22-21-9-15/h4-7,9,12H,1-3,8,10H2,(H,20,25)(H,22,24)/t12-/m0/s1.